The van der Waals surface area contributed by atoms with E-state index in [1.54, 1.807) is 29.2 Å². The lowest BCUT2D eigenvalue weighted by Crippen LogP contribution is -2.27. The summed E-state index contributed by atoms with van der Waals surface area (Å²) in [5.41, 5.74) is 2.33. The summed E-state index contributed by atoms with van der Waals surface area (Å²) in [7, 11) is 0. The molecule has 1 aromatic carbocycles. The summed E-state index contributed by atoms with van der Waals surface area (Å²) in [6.45, 7) is 0.682. The smallest absolute Gasteiger partial charge is 0.273 e. The van der Waals surface area contributed by atoms with E-state index >= 15 is 0 Å². The number of rotatable bonds is 4. The second kappa shape index (κ2) is 5.26. The van der Waals surface area contributed by atoms with Crippen molar-refractivity contribution in [2.45, 2.75) is 12.3 Å². The highest BCUT2D eigenvalue weighted by Crippen LogP contribution is 2.46. The minimum atomic E-state index is -0.157. The van der Waals surface area contributed by atoms with Gasteiger partial charge in [-0.25, -0.2) is 9.97 Å². The molecule has 1 fully saturated rings. The quantitative estimate of drug-likeness (QED) is 0.802. The summed E-state index contributed by atoms with van der Waals surface area (Å²) >= 11 is 0. The molecule has 0 saturated heterocycles. The first-order valence-electron chi connectivity index (χ1n) is 7.44. The van der Waals surface area contributed by atoms with Crippen LogP contribution in [0.15, 0.2) is 55.1 Å². The molecule has 0 radical (unpaired) electrons. The van der Waals surface area contributed by atoms with Gasteiger partial charge in [0.25, 0.3) is 5.91 Å². The van der Waals surface area contributed by atoms with Crippen LogP contribution < -0.4 is 5.32 Å². The average molecular weight is 292 g/mol. The van der Waals surface area contributed by atoms with Crippen LogP contribution in [-0.4, -0.2) is 26.8 Å². The van der Waals surface area contributed by atoms with Gasteiger partial charge in [-0.1, -0.05) is 30.3 Å². The number of amides is 1. The Morgan fingerprint density at radius 1 is 1.18 bits per heavy atom. The van der Waals surface area contributed by atoms with E-state index in [4.69, 9.17) is 0 Å². The summed E-state index contributed by atoms with van der Waals surface area (Å²) < 4.78 is 1.80. The topological polar surface area (TPSA) is 59.3 Å². The molecule has 2 aromatic heterocycles. The van der Waals surface area contributed by atoms with Crippen molar-refractivity contribution in [3.05, 3.63) is 66.4 Å². The molecule has 0 bridgehead atoms. The van der Waals surface area contributed by atoms with E-state index in [0.29, 0.717) is 29.7 Å². The number of imidazole rings is 1. The average Bonchev–Trinajstić information content (AvgIpc) is 3.19. The number of nitrogens with zero attached hydrogens (tertiary/aromatic N) is 3. The van der Waals surface area contributed by atoms with Crippen molar-refractivity contribution in [3.63, 3.8) is 0 Å². The molecule has 1 amide bonds. The molecule has 5 nitrogen and oxygen atoms in total. The summed E-state index contributed by atoms with van der Waals surface area (Å²) in [5, 5.41) is 2.99. The van der Waals surface area contributed by atoms with Crippen LogP contribution in [0.5, 0.6) is 0 Å². The molecule has 1 saturated carbocycles. The van der Waals surface area contributed by atoms with Gasteiger partial charge in [0.15, 0.2) is 11.3 Å². The number of fused-ring (bicyclic) bond motifs is 1. The van der Waals surface area contributed by atoms with Crippen molar-refractivity contribution in [1.82, 2.24) is 19.7 Å². The third kappa shape index (κ3) is 2.35. The Bertz CT molecular complexity index is 812. The molecule has 1 aliphatic rings. The van der Waals surface area contributed by atoms with Gasteiger partial charge in [-0.2, -0.15) is 0 Å². The van der Waals surface area contributed by atoms with Crippen molar-refractivity contribution in [2.24, 2.45) is 5.92 Å². The van der Waals surface area contributed by atoms with Gasteiger partial charge in [0.1, 0.15) is 0 Å². The highest BCUT2D eigenvalue weighted by Gasteiger charge is 2.38. The summed E-state index contributed by atoms with van der Waals surface area (Å²) in [6.07, 6.45) is 8.00. The van der Waals surface area contributed by atoms with Crippen molar-refractivity contribution in [3.8, 4) is 0 Å². The summed E-state index contributed by atoms with van der Waals surface area (Å²) in [5.74, 6) is 0.929. The fourth-order valence-electron chi connectivity index (χ4n) is 2.90. The van der Waals surface area contributed by atoms with E-state index in [-0.39, 0.29) is 5.91 Å². The summed E-state index contributed by atoms with van der Waals surface area (Å²) in [4.78, 5) is 20.6. The van der Waals surface area contributed by atoms with Crippen LogP contribution in [0, 0.1) is 5.92 Å². The molecule has 4 rings (SSSR count). The second-order valence-corrected chi connectivity index (χ2v) is 5.66. The predicted molar refractivity (Wildman–Crippen MR) is 82.6 cm³/mol. The van der Waals surface area contributed by atoms with Gasteiger partial charge in [-0.05, 0) is 23.8 Å². The maximum Gasteiger partial charge on any atom is 0.273 e. The van der Waals surface area contributed by atoms with Crippen molar-refractivity contribution in [1.29, 1.82) is 0 Å². The first-order valence-corrected chi connectivity index (χ1v) is 7.44. The first-order chi connectivity index (χ1) is 10.8. The Labute approximate surface area is 128 Å². The lowest BCUT2D eigenvalue weighted by Gasteiger charge is -2.05. The Kier molecular flexibility index (Phi) is 3.11. The van der Waals surface area contributed by atoms with Crippen LogP contribution in [0.2, 0.25) is 0 Å². The molecule has 2 heterocycles. The van der Waals surface area contributed by atoms with Crippen LogP contribution in [0.3, 0.4) is 0 Å². The third-order valence-electron chi connectivity index (χ3n) is 4.20. The molecule has 2 atom stereocenters. The number of hydrogen-bond acceptors (Lipinski definition) is 3. The van der Waals surface area contributed by atoms with Crippen molar-refractivity contribution >= 4 is 11.6 Å². The molecule has 2 unspecified atom stereocenters. The Balaban J connectivity index is 1.41. The number of aromatic nitrogens is 3. The molecule has 110 valence electrons. The van der Waals surface area contributed by atoms with Gasteiger partial charge >= 0.3 is 0 Å². The zero-order valence-corrected chi connectivity index (χ0v) is 12.0. The monoisotopic (exact) mass is 292 g/mol. The molecular weight excluding hydrogens is 276 g/mol. The normalized spacial score (nSPS) is 20.0. The van der Waals surface area contributed by atoms with Crippen molar-refractivity contribution in [2.75, 3.05) is 6.54 Å². The van der Waals surface area contributed by atoms with E-state index in [9.17, 15) is 4.79 Å². The minimum absolute atomic E-state index is 0.157. The van der Waals surface area contributed by atoms with Crippen LogP contribution in [0.25, 0.3) is 5.65 Å². The van der Waals surface area contributed by atoms with Gasteiger partial charge in [0.2, 0.25) is 0 Å². The standard InChI is InChI=1S/C17H16N4O/c22-17(15-16-19-7-9-21(16)8-6-18-15)20-11-13-10-14(13)12-4-2-1-3-5-12/h1-9,13-14H,10-11H2,(H,20,22). The van der Waals surface area contributed by atoms with Crippen LogP contribution >= 0.6 is 0 Å². The van der Waals surface area contributed by atoms with E-state index in [2.05, 4.69) is 39.6 Å². The van der Waals surface area contributed by atoms with Crippen LogP contribution in [0.1, 0.15) is 28.4 Å². The highest BCUT2D eigenvalue weighted by atomic mass is 16.1. The Hall–Kier alpha value is -2.69. The number of hydrogen-bond donors (Lipinski definition) is 1. The molecule has 22 heavy (non-hydrogen) atoms. The second-order valence-electron chi connectivity index (χ2n) is 5.66. The fraction of sp³-hybridized carbons (Fsp3) is 0.235. The Morgan fingerprint density at radius 3 is 2.77 bits per heavy atom. The predicted octanol–water partition coefficient (Wildman–Crippen LogP) is 2.26. The molecule has 0 aliphatic heterocycles. The Morgan fingerprint density at radius 2 is 1.95 bits per heavy atom. The van der Waals surface area contributed by atoms with Crippen LogP contribution in [0.4, 0.5) is 0 Å². The van der Waals surface area contributed by atoms with E-state index in [1.807, 2.05) is 6.07 Å². The summed E-state index contributed by atoms with van der Waals surface area (Å²) in [6, 6.07) is 10.5. The molecular formula is C17H16N4O. The molecule has 3 aromatic rings. The molecule has 1 N–H and O–H groups in total. The number of carbonyl (C=O) groups is 1. The maximum atomic E-state index is 12.3. The third-order valence-corrected chi connectivity index (χ3v) is 4.20. The SMILES string of the molecule is O=C(NCC1CC1c1ccccc1)c1nccn2ccnc12. The lowest BCUT2D eigenvalue weighted by atomic mass is 10.1. The van der Waals surface area contributed by atoms with Gasteiger partial charge in [-0.3, -0.25) is 4.79 Å². The van der Waals surface area contributed by atoms with Gasteiger partial charge in [-0.15, -0.1) is 0 Å². The zero-order chi connectivity index (χ0) is 14.9. The molecule has 0 spiro atoms. The molecule has 1 aliphatic carbocycles. The first kappa shape index (κ1) is 13.0. The van der Waals surface area contributed by atoms with Crippen LogP contribution in [-0.2, 0) is 0 Å². The number of benzene rings is 1. The number of nitrogens with one attached hydrogen (secondary N) is 1. The van der Waals surface area contributed by atoms with E-state index < -0.39 is 0 Å². The van der Waals surface area contributed by atoms with Gasteiger partial charge < -0.3 is 9.72 Å². The molecule has 5 heteroatoms. The maximum absolute atomic E-state index is 12.3. The van der Waals surface area contributed by atoms with Gasteiger partial charge in [0.05, 0.1) is 0 Å². The highest BCUT2D eigenvalue weighted by molar-refractivity contribution is 5.97. The zero-order valence-electron chi connectivity index (χ0n) is 12.0. The minimum Gasteiger partial charge on any atom is -0.350 e. The van der Waals surface area contributed by atoms with E-state index in [0.717, 1.165) is 6.42 Å². The van der Waals surface area contributed by atoms with E-state index in [1.165, 1.54) is 5.56 Å². The number of carbonyl (C=O) groups excluding carboxylic acids is 1. The van der Waals surface area contributed by atoms with Gasteiger partial charge in [0, 0.05) is 31.3 Å². The fourth-order valence-corrected chi connectivity index (χ4v) is 2.90. The lowest BCUT2D eigenvalue weighted by molar-refractivity contribution is 0.0948. The largest absolute Gasteiger partial charge is 0.350 e. The van der Waals surface area contributed by atoms with Crippen molar-refractivity contribution < 1.29 is 4.79 Å².